The number of methoxy groups -OCH3 is 1. The van der Waals surface area contributed by atoms with E-state index in [0.717, 1.165) is 0 Å². The van der Waals surface area contributed by atoms with Crippen LogP contribution in [-0.2, 0) is 47.4 Å². The highest BCUT2D eigenvalue weighted by molar-refractivity contribution is 4.98. The molecule has 10 nitrogen and oxygen atoms in total. The Labute approximate surface area is 184 Å². The third-order valence-electron chi connectivity index (χ3n) is 5.16. The average molecular weight is 451 g/mol. The summed E-state index contributed by atoms with van der Waals surface area (Å²) in [6.07, 6.45) is -2.47. The Morgan fingerprint density at radius 2 is 1.52 bits per heavy atom. The number of hydrogen-bond acceptors (Lipinski definition) is 10. The second-order valence-electron chi connectivity index (χ2n) is 8.69. The number of hydrogen-bond donors (Lipinski definition) is 0. The van der Waals surface area contributed by atoms with E-state index in [-0.39, 0.29) is 18.3 Å². The van der Waals surface area contributed by atoms with Crippen molar-refractivity contribution in [3.8, 4) is 0 Å². The van der Waals surface area contributed by atoms with Crippen LogP contribution in [0.1, 0.15) is 34.6 Å². The molecule has 3 saturated heterocycles. The van der Waals surface area contributed by atoms with Gasteiger partial charge in [-0.3, -0.25) is 0 Å². The Morgan fingerprint density at radius 1 is 0.839 bits per heavy atom. The van der Waals surface area contributed by atoms with E-state index >= 15 is 0 Å². The van der Waals surface area contributed by atoms with E-state index in [2.05, 4.69) is 0 Å². The van der Waals surface area contributed by atoms with Crippen LogP contribution in [0.5, 0.6) is 0 Å². The minimum atomic E-state index is -0.739. The van der Waals surface area contributed by atoms with Crippen molar-refractivity contribution < 1.29 is 47.4 Å². The number of rotatable bonds is 13. The van der Waals surface area contributed by atoms with E-state index in [9.17, 15) is 0 Å². The summed E-state index contributed by atoms with van der Waals surface area (Å²) in [5.74, 6) is -1.40. The molecule has 3 rings (SSSR count). The van der Waals surface area contributed by atoms with Crippen LogP contribution in [0.15, 0.2) is 0 Å². The molecule has 3 aliphatic rings. The third-order valence-corrected chi connectivity index (χ3v) is 5.16. The van der Waals surface area contributed by atoms with Gasteiger partial charge in [-0.05, 0) is 34.6 Å². The Balaban J connectivity index is 1.43. The second kappa shape index (κ2) is 11.1. The first-order valence-electron chi connectivity index (χ1n) is 11.0. The monoisotopic (exact) mass is 450 g/mol. The lowest BCUT2D eigenvalue weighted by Gasteiger charge is -2.30. The van der Waals surface area contributed by atoms with Gasteiger partial charge in [0.15, 0.2) is 24.2 Å². The molecule has 0 aromatic rings. The van der Waals surface area contributed by atoms with Crippen molar-refractivity contribution in [2.45, 2.75) is 83.2 Å². The minimum absolute atomic E-state index is 0.283. The Hall–Kier alpha value is -0.400. The highest BCUT2D eigenvalue weighted by Gasteiger charge is 2.59. The van der Waals surface area contributed by atoms with Gasteiger partial charge in [-0.25, -0.2) is 0 Å². The summed E-state index contributed by atoms with van der Waals surface area (Å²) in [5, 5.41) is 0. The maximum Gasteiger partial charge on any atom is 0.190 e. The van der Waals surface area contributed by atoms with Crippen LogP contribution in [-0.4, -0.2) is 102 Å². The average Bonchev–Trinajstić information content (AvgIpc) is 3.30. The van der Waals surface area contributed by atoms with E-state index < -0.39 is 30.3 Å². The maximum atomic E-state index is 6.20. The molecule has 0 radical (unpaired) electrons. The number of fused-ring (bicyclic) bond motifs is 1. The third kappa shape index (κ3) is 7.29. The second-order valence-corrected chi connectivity index (χ2v) is 8.69. The smallest absolute Gasteiger partial charge is 0.190 e. The molecule has 0 bridgehead atoms. The first-order valence-corrected chi connectivity index (χ1v) is 11.0. The van der Waals surface area contributed by atoms with E-state index in [1.807, 2.05) is 34.6 Å². The normalized spacial score (nSPS) is 34.8. The van der Waals surface area contributed by atoms with Gasteiger partial charge in [0.05, 0.1) is 46.2 Å². The summed E-state index contributed by atoms with van der Waals surface area (Å²) in [6.45, 7) is 12.7. The molecule has 3 heterocycles. The van der Waals surface area contributed by atoms with Gasteiger partial charge in [0.25, 0.3) is 0 Å². The molecule has 6 atom stereocenters. The predicted octanol–water partition coefficient (Wildman–Crippen LogP) is 1.44. The Bertz CT molecular complexity index is 542. The van der Waals surface area contributed by atoms with Gasteiger partial charge in [0.1, 0.15) is 24.4 Å². The van der Waals surface area contributed by atoms with Gasteiger partial charge in [-0.2, -0.15) is 0 Å². The molecular weight excluding hydrogens is 412 g/mol. The summed E-state index contributed by atoms with van der Waals surface area (Å²) < 4.78 is 57.5. The largest absolute Gasteiger partial charge is 0.382 e. The van der Waals surface area contributed by atoms with Gasteiger partial charge in [-0.1, -0.05) is 0 Å². The SMILES string of the molecule is COCCOCCOCCOC(C)O[C@@H]1[C@H]2OC(C)(C)O[C@H]2O[C@@H]1C1COC(C)(C)O1. The summed E-state index contributed by atoms with van der Waals surface area (Å²) in [7, 11) is 1.64. The zero-order valence-electron chi connectivity index (χ0n) is 19.5. The quantitative estimate of drug-likeness (QED) is 0.303. The molecule has 3 aliphatic heterocycles. The zero-order valence-corrected chi connectivity index (χ0v) is 19.5. The topological polar surface area (TPSA) is 92.3 Å². The van der Waals surface area contributed by atoms with Crippen LogP contribution in [0.3, 0.4) is 0 Å². The highest BCUT2D eigenvalue weighted by Crippen LogP contribution is 2.42. The van der Waals surface area contributed by atoms with Crippen LogP contribution in [0.4, 0.5) is 0 Å². The van der Waals surface area contributed by atoms with Crippen LogP contribution in [0.2, 0.25) is 0 Å². The molecule has 10 heteroatoms. The molecule has 0 amide bonds. The molecule has 0 aromatic carbocycles. The van der Waals surface area contributed by atoms with E-state index in [1.54, 1.807) is 7.11 Å². The van der Waals surface area contributed by atoms with Gasteiger partial charge < -0.3 is 47.4 Å². The molecule has 182 valence electrons. The summed E-state index contributed by atoms with van der Waals surface area (Å²) in [4.78, 5) is 0. The van der Waals surface area contributed by atoms with Crippen LogP contribution < -0.4 is 0 Å². The van der Waals surface area contributed by atoms with Gasteiger partial charge >= 0.3 is 0 Å². The molecule has 0 aliphatic carbocycles. The first kappa shape index (κ1) is 25.2. The fraction of sp³-hybridized carbons (Fsp3) is 1.00. The van der Waals surface area contributed by atoms with E-state index in [4.69, 9.17) is 47.4 Å². The van der Waals surface area contributed by atoms with Gasteiger partial charge in [0.2, 0.25) is 0 Å². The minimum Gasteiger partial charge on any atom is -0.382 e. The van der Waals surface area contributed by atoms with Crippen molar-refractivity contribution >= 4 is 0 Å². The summed E-state index contributed by atoms with van der Waals surface area (Å²) in [6, 6.07) is 0. The van der Waals surface area contributed by atoms with Crippen molar-refractivity contribution in [3.63, 3.8) is 0 Å². The Kier molecular flexibility index (Phi) is 9.07. The fourth-order valence-corrected chi connectivity index (χ4v) is 3.83. The standard InChI is InChI=1S/C21H38O10/c1-14(25-12-11-24-10-9-23-8-7-22-6)27-17-16(15-13-26-20(2,3)29-15)28-19-18(17)30-21(4,5)31-19/h14-19H,7-13H2,1-6H3/t14?,15?,16-,17+,18-,19-/m1/s1. The predicted molar refractivity (Wildman–Crippen MR) is 107 cm³/mol. The van der Waals surface area contributed by atoms with Crippen molar-refractivity contribution in [2.75, 3.05) is 53.4 Å². The fourth-order valence-electron chi connectivity index (χ4n) is 3.83. The number of ether oxygens (including phenoxy) is 10. The molecule has 0 aromatic heterocycles. The van der Waals surface area contributed by atoms with Crippen LogP contribution >= 0.6 is 0 Å². The van der Waals surface area contributed by atoms with Crippen molar-refractivity contribution in [1.82, 2.24) is 0 Å². The summed E-state index contributed by atoms with van der Waals surface area (Å²) in [5.41, 5.74) is 0. The van der Waals surface area contributed by atoms with E-state index in [1.165, 1.54) is 0 Å². The van der Waals surface area contributed by atoms with Gasteiger partial charge in [-0.15, -0.1) is 0 Å². The molecule has 0 spiro atoms. The van der Waals surface area contributed by atoms with Gasteiger partial charge in [0, 0.05) is 7.11 Å². The van der Waals surface area contributed by atoms with Crippen molar-refractivity contribution in [2.24, 2.45) is 0 Å². The first-order chi connectivity index (χ1) is 14.7. The molecule has 2 unspecified atom stereocenters. The van der Waals surface area contributed by atoms with Crippen molar-refractivity contribution in [3.05, 3.63) is 0 Å². The van der Waals surface area contributed by atoms with Crippen LogP contribution in [0.25, 0.3) is 0 Å². The lowest BCUT2D eigenvalue weighted by atomic mass is 10.1. The lowest BCUT2D eigenvalue weighted by Crippen LogP contribution is -2.45. The van der Waals surface area contributed by atoms with Crippen molar-refractivity contribution in [1.29, 1.82) is 0 Å². The summed E-state index contributed by atoms with van der Waals surface area (Å²) >= 11 is 0. The molecule has 3 fully saturated rings. The molecule has 31 heavy (non-hydrogen) atoms. The highest BCUT2D eigenvalue weighted by atomic mass is 16.9. The maximum absolute atomic E-state index is 6.20. The van der Waals surface area contributed by atoms with E-state index in [0.29, 0.717) is 46.2 Å². The lowest BCUT2D eigenvalue weighted by molar-refractivity contribution is -0.254. The Morgan fingerprint density at radius 3 is 2.16 bits per heavy atom. The molecule has 0 N–H and O–H groups in total. The van der Waals surface area contributed by atoms with Crippen LogP contribution in [0, 0.1) is 0 Å². The molecular formula is C21H38O10. The zero-order chi connectivity index (χ0) is 22.5. The molecule has 0 saturated carbocycles.